The van der Waals surface area contributed by atoms with E-state index in [9.17, 15) is 4.79 Å². The minimum absolute atomic E-state index is 0.479. The van der Waals surface area contributed by atoms with Gasteiger partial charge in [-0.2, -0.15) is 0 Å². The van der Waals surface area contributed by atoms with Crippen LogP contribution in [0.2, 0.25) is 0 Å². The van der Waals surface area contributed by atoms with E-state index in [1.54, 1.807) is 6.07 Å². The lowest BCUT2D eigenvalue weighted by Crippen LogP contribution is -2.09. The number of carboxylic acid groups (broad SMARTS) is 1. The van der Waals surface area contributed by atoms with Crippen molar-refractivity contribution in [1.82, 2.24) is 15.0 Å². The maximum Gasteiger partial charge on any atom is 0.434 e. The van der Waals surface area contributed by atoms with E-state index in [-0.39, 0.29) is 0 Å². The van der Waals surface area contributed by atoms with Crippen LogP contribution in [0.5, 0.6) is 0 Å². The molecule has 5 heteroatoms. The van der Waals surface area contributed by atoms with E-state index in [0.717, 1.165) is 15.8 Å². The molecular weight excluding hydrogens is 314 g/mol. The minimum atomic E-state index is -1.14. The second-order valence-electron chi connectivity index (χ2n) is 5.88. The Morgan fingerprint density at radius 3 is 2.32 bits per heavy atom. The summed E-state index contributed by atoms with van der Waals surface area (Å²) in [5, 5.41) is 16.7. The Labute approximate surface area is 144 Å². The number of hydrogen-bond acceptors (Lipinski definition) is 3. The summed E-state index contributed by atoms with van der Waals surface area (Å²) in [6.45, 7) is 2.10. The first-order valence-electron chi connectivity index (χ1n) is 7.89. The zero-order valence-corrected chi connectivity index (χ0v) is 13.5. The van der Waals surface area contributed by atoms with Gasteiger partial charge in [0.25, 0.3) is 0 Å². The molecule has 0 fully saturated rings. The third kappa shape index (κ3) is 2.65. The van der Waals surface area contributed by atoms with E-state index in [1.165, 1.54) is 16.7 Å². The Kier molecular flexibility index (Phi) is 3.54. The lowest BCUT2D eigenvalue weighted by molar-refractivity contribution is 0.193. The Morgan fingerprint density at radius 2 is 1.60 bits per heavy atom. The molecule has 122 valence electrons. The normalized spacial score (nSPS) is 10.9. The summed E-state index contributed by atoms with van der Waals surface area (Å²) in [6.07, 6.45) is -1.14. The van der Waals surface area contributed by atoms with Crippen molar-refractivity contribution in [3.8, 4) is 22.3 Å². The van der Waals surface area contributed by atoms with Gasteiger partial charge in [-0.3, -0.25) is 0 Å². The Bertz CT molecular complexity index is 1080. The third-order valence-electron chi connectivity index (χ3n) is 4.30. The van der Waals surface area contributed by atoms with Crippen LogP contribution in [0.25, 0.3) is 33.3 Å². The highest BCUT2D eigenvalue weighted by molar-refractivity contribution is 5.87. The van der Waals surface area contributed by atoms with Crippen LogP contribution in [0.4, 0.5) is 4.79 Å². The van der Waals surface area contributed by atoms with Gasteiger partial charge in [0.05, 0.1) is 0 Å². The van der Waals surface area contributed by atoms with Gasteiger partial charge >= 0.3 is 6.09 Å². The maximum atomic E-state index is 11.1. The fourth-order valence-electron chi connectivity index (χ4n) is 2.98. The Morgan fingerprint density at radius 1 is 0.920 bits per heavy atom. The van der Waals surface area contributed by atoms with Crippen molar-refractivity contribution >= 4 is 17.1 Å². The standard InChI is InChI=1S/C20H15N3O2/c1-13-4-2-3-5-17(13)15-8-6-14(7-9-15)16-10-11-19-18(12-16)21-22-23(19)20(24)25/h2-12H,1H3,(H,24,25). The van der Waals surface area contributed by atoms with Crippen molar-refractivity contribution in [2.24, 2.45) is 0 Å². The molecule has 0 aliphatic rings. The molecule has 1 heterocycles. The van der Waals surface area contributed by atoms with Crippen LogP contribution >= 0.6 is 0 Å². The van der Waals surface area contributed by atoms with Crippen molar-refractivity contribution in [2.75, 3.05) is 0 Å². The highest BCUT2D eigenvalue weighted by atomic mass is 16.4. The van der Waals surface area contributed by atoms with Gasteiger partial charge in [-0.25, -0.2) is 4.79 Å². The zero-order valence-electron chi connectivity index (χ0n) is 13.5. The first kappa shape index (κ1) is 15.1. The molecule has 0 unspecified atom stereocenters. The van der Waals surface area contributed by atoms with Crippen LogP contribution in [-0.4, -0.2) is 26.2 Å². The minimum Gasteiger partial charge on any atom is -0.463 e. The van der Waals surface area contributed by atoms with Crippen molar-refractivity contribution in [2.45, 2.75) is 6.92 Å². The monoisotopic (exact) mass is 329 g/mol. The molecule has 0 saturated heterocycles. The first-order chi connectivity index (χ1) is 12.1. The summed E-state index contributed by atoms with van der Waals surface area (Å²) >= 11 is 0. The summed E-state index contributed by atoms with van der Waals surface area (Å²) < 4.78 is 0.875. The number of nitrogens with zero attached hydrogens (tertiary/aromatic N) is 3. The van der Waals surface area contributed by atoms with Crippen molar-refractivity contribution in [3.63, 3.8) is 0 Å². The lowest BCUT2D eigenvalue weighted by atomic mass is 9.97. The molecule has 0 radical (unpaired) electrons. The maximum absolute atomic E-state index is 11.1. The smallest absolute Gasteiger partial charge is 0.434 e. The summed E-state index contributed by atoms with van der Waals surface area (Å²) in [4.78, 5) is 11.1. The highest BCUT2D eigenvalue weighted by Gasteiger charge is 2.11. The molecule has 1 aromatic heterocycles. The second kappa shape index (κ2) is 5.87. The SMILES string of the molecule is Cc1ccccc1-c1ccc(-c2ccc3c(c2)nnn3C(=O)O)cc1. The fourth-order valence-corrected chi connectivity index (χ4v) is 2.98. The van der Waals surface area contributed by atoms with E-state index in [0.29, 0.717) is 11.0 Å². The number of rotatable bonds is 2. The van der Waals surface area contributed by atoms with E-state index in [2.05, 4.69) is 53.6 Å². The van der Waals surface area contributed by atoms with Crippen LogP contribution in [0, 0.1) is 6.92 Å². The van der Waals surface area contributed by atoms with E-state index >= 15 is 0 Å². The van der Waals surface area contributed by atoms with Gasteiger partial charge in [-0.1, -0.05) is 59.8 Å². The zero-order chi connectivity index (χ0) is 17.4. The Hall–Kier alpha value is -3.47. The van der Waals surface area contributed by atoms with Gasteiger partial charge in [0.2, 0.25) is 0 Å². The molecule has 0 aliphatic carbocycles. The Balaban J connectivity index is 1.72. The van der Waals surface area contributed by atoms with Crippen LogP contribution in [0.1, 0.15) is 5.56 Å². The molecule has 4 aromatic rings. The predicted octanol–water partition coefficient (Wildman–Crippen LogP) is 4.60. The predicted molar refractivity (Wildman–Crippen MR) is 96.6 cm³/mol. The lowest BCUT2D eigenvalue weighted by Gasteiger charge is -2.07. The van der Waals surface area contributed by atoms with Crippen LogP contribution < -0.4 is 0 Å². The molecule has 0 aliphatic heterocycles. The van der Waals surface area contributed by atoms with Crippen LogP contribution in [0.15, 0.2) is 66.7 Å². The highest BCUT2D eigenvalue weighted by Crippen LogP contribution is 2.28. The molecule has 3 aromatic carbocycles. The molecule has 0 bridgehead atoms. The number of benzene rings is 3. The number of hydrogen-bond donors (Lipinski definition) is 1. The number of aromatic nitrogens is 3. The van der Waals surface area contributed by atoms with E-state index < -0.39 is 6.09 Å². The summed E-state index contributed by atoms with van der Waals surface area (Å²) in [5.74, 6) is 0. The molecule has 0 spiro atoms. The largest absolute Gasteiger partial charge is 0.463 e. The number of fused-ring (bicyclic) bond motifs is 1. The summed E-state index contributed by atoms with van der Waals surface area (Å²) in [5.41, 5.74) is 6.68. The molecular formula is C20H15N3O2. The van der Waals surface area contributed by atoms with Crippen LogP contribution in [-0.2, 0) is 0 Å². The van der Waals surface area contributed by atoms with Gasteiger partial charge in [0, 0.05) is 0 Å². The van der Waals surface area contributed by atoms with Gasteiger partial charge in [0.15, 0.2) is 0 Å². The second-order valence-corrected chi connectivity index (χ2v) is 5.88. The summed E-state index contributed by atoms with van der Waals surface area (Å²) in [7, 11) is 0. The average molecular weight is 329 g/mol. The molecule has 25 heavy (non-hydrogen) atoms. The average Bonchev–Trinajstić information content (AvgIpc) is 3.06. The van der Waals surface area contributed by atoms with E-state index in [4.69, 9.17) is 5.11 Å². The van der Waals surface area contributed by atoms with Gasteiger partial charge in [-0.05, 0) is 46.9 Å². The fraction of sp³-hybridized carbons (Fsp3) is 0.0500. The molecule has 0 amide bonds. The van der Waals surface area contributed by atoms with Gasteiger partial charge in [0.1, 0.15) is 11.0 Å². The molecule has 0 atom stereocenters. The molecule has 4 rings (SSSR count). The number of aryl methyl sites for hydroxylation is 1. The van der Waals surface area contributed by atoms with Crippen molar-refractivity contribution in [1.29, 1.82) is 0 Å². The summed E-state index contributed by atoms with van der Waals surface area (Å²) in [6, 6.07) is 22.1. The quantitative estimate of drug-likeness (QED) is 0.583. The third-order valence-corrected chi connectivity index (χ3v) is 4.30. The molecule has 1 N–H and O–H groups in total. The first-order valence-corrected chi connectivity index (χ1v) is 7.89. The number of carbonyl (C=O) groups is 1. The van der Waals surface area contributed by atoms with Crippen molar-refractivity contribution < 1.29 is 9.90 Å². The van der Waals surface area contributed by atoms with Crippen LogP contribution in [0.3, 0.4) is 0 Å². The van der Waals surface area contributed by atoms with Gasteiger partial charge in [-0.15, -0.1) is 9.78 Å². The molecule has 5 nitrogen and oxygen atoms in total. The van der Waals surface area contributed by atoms with Gasteiger partial charge < -0.3 is 5.11 Å². The van der Waals surface area contributed by atoms with Crippen molar-refractivity contribution in [3.05, 3.63) is 72.3 Å². The topological polar surface area (TPSA) is 68.0 Å². The van der Waals surface area contributed by atoms with E-state index in [1.807, 2.05) is 24.3 Å². The molecule has 0 saturated carbocycles.